The SMILES string of the molecule is CC1(c2ccccc2)NC(=O)N(Cc2ccc(C(=O)Nc3ccccc3)cc2)C1=O. The molecular weight excluding hydrogens is 378 g/mol. The van der Waals surface area contributed by atoms with Crippen LogP contribution in [0.2, 0.25) is 0 Å². The van der Waals surface area contributed by atoms with Crippen LogP contribution in [0.25, 0.3) is 0 Å². The highest BCUT2D eigenvalue weighted by Gasteiger charge is 2.48. The van der Waals surface area contributed by atoms with Gasteiger partial charge in [0.25, 0.3) is 11.8 Å². The monoisotopic (exact) mass is 399 g/mol. The van der Waals surface area contributed by atoms with Gasteiger partial charge in [0.15, 0.2) is 0 Å². The van der Waals surface area contributed by atoms with E-state index in [-0.39, 0.29) is 18.4 Å². The molecule has 1 unspecified atom stereocenters. The van der Waals surface area contributed by atoms with Gasteiger partial charge in [-0.2, -0.15) is 0 Å². The fourth-order valence-electron chi connectivity index (χ4n) is 3.48. The first-order chi connectivity index (χ1) is 14.5. The summed E-state index contributed by atoms with van der Waals surface area (Å²) in [5, 5.41) is 5.62. The van der Waals surface area contributed by atoms with E-state index in [1.807, 2.05) is 60.7 Å². The van der Waals surface area contributed by atoms with Crippen LogP contribution in [0.4, 0.5) is 10.5 Å². The number of urea groups is 1. The molecule has 0 aromatic heterocycles. The average Bonchev–Trinajstić information content (AvgIpc) is 2.99. The summed E-state index contributed by atoms with van der Waals surface area (Å²) in [6.45, 7) is 1.84. The zero-order valence-electron chi connectivity index (χ0n) is 16.5. The van der Waals surface area contributed by atoms with Crippen molar-refractivity contribution in [1.29, 1.82) is 0 Å². The summed E-state index contributed by atoms with van der Waals surface area (Å²) in [6, 6.07) is 24.8. The van der Waals surface area contributed by atoms with E-state index in [0.29, 0.717) is 11.3 Å². The number of amides is 4. The zero-order chi connectivity index (χ0) is 21.1. The maximum atomic E-state index is 13.0. The number of rotatable bonds is 5. The average molecular weight is 399 g/mol. The van der Waals surface area contributed by atoms with E-state index in [1.54, 1.807) is 31.2 Å². The molecule has 0 bridgehead atoms. The molecule has 1 fully saturated rings. The quantitative estimate of drug-likeness (QED) is 0.639. The molecule has 6 heteroatoms. The van der Waals surface area contributed by atoms with Crippen LogP contribution in [0.5, 0.6) is 0 Å². The highest BCUT2D eigenvalue weighted by Crippen LogP contribution is 2.29. The third kappa shape index (κ3) is 3.67. The number of hydrogen-bond donors (Lipinski definition) is 2. The van der Waals surface area contributed by atoms with E-state index in [0.717, 1.165) is 11.1 Å². The van der Waals surface area contributed by atoms with Crippen LogP contribution < -0.4 is 10.6 Å². The van der Waals surface area contributed by atoms with Gasteiger partial charge in [-0.1, -0.05) is 60.7 Å². The first kappa shape index (κ1) is 19.4. The Labute approximate surface area is 174 Å². The minimum atomic E-state index is -1.09. The molecule has 3 aromatic rings. The van der Waals surface area contributed by atoms with Crippen molar-refractivity contribution in [1.82, 2.24) is 10.2 Å². The largest absolute Gasteiger partial charge is 0.325 e. The maximum Gasteiger partial charge on any atom is 0.325 e. The highest BCUT2D eigenvalue weighted by atomic mass is 16.2. The summed E-state index contributed by atoms with van der Waals surface area (Å²) >= 11 is 0. The number of para-hydroxylation sites is 1. The second-order valence-corrected chi connectivity index (χ2v) is 7.33. The number of carbonyl (C=O) groups excluding carboxylic acids is 3. The predicted octanol–water partition coefficient (Wildman–Crippen LogP) is 3.91. The number of nitrogens with one attached hydrogen (secondary N) is 2. The molecule has 2 N–H and O–H groups in total. The lowest BCUT2D eigenvalue weighted by atomic mass is 9.92. The smallest absolute Gasteiger partial charge is 0.322 e. The molecule has 0 saturated carbocycles. The topological polar surface area (TPSA) is 78.5 Å². The summed E-state index contributed by atoms with van der Waals surface area (Å²) in [6.07, 6.45) is 0. The van der Waals surface area contributed by atoms with Crippen LogP contribution >= 0.6 is 0 Å². The summed E-state index contributed by atoms with van der Waals surface area (Å²) < 4.78 is 0. The molecule has 3 aromatic carbocycles. The van der Waals surface area contributed by atoms with Crippen LogP contribution in [0, 0.1) is 0 Å². The number of anilines is 1. The number of imide groups is 1. The molecule has 1 aliphatic heterocycles. The third-order valence-electron chi connectivity index (χ3n) is 5.21. The summed E-state index contributed by atoms with van der Waals surface area (Å²) in [5.41, 5.74) is 1.61. The van der Waals surface area contributed by atoms with E-state index < -0.39 is 11.6 Å². The molecule has 0 radical (unpaired) electrons. The number of nitrogens with zero attached hydrogens (tertiary/aromatic N) is 1. The van der Waals surface area contributed by atoms with Crippen LogP contribution in [-0.2, 0) is 16.9 Å². The van der Waals surface area contributed by atoms with Gasteiger partial charge in [0.1, 0.15) is 5.54 Å². The molecule has 1 atom stereocenters. The second kappa shape index (κ2) is 7.83. The minimum Gasteiger partial charge on any atom is -0.322 e. The van der Waals surface area contributed by atoms with Crippen molar-refractivity contribution in [2.45, 2.75) is 19.0 Å². The van der Waals surface area contributed by atoms with Crippen LogP contribution in [0.15, 0.2) is 84.9 Å². The molecule has 0 aliphatic carbocycles. The van der Waals surface area contributed by atoms with Crippen molar-refractivity contribution < 1.29 is 14.4 Å². The Morgan fingerprint density at radius 3 is 2.13 bits per heavy atom. The fourth-order valence-corrected chi connectivity index (χ4v) is 3.48. The van der Waals surface area contributed by atoms with Crippen LogP contribution in [0.3, 0.4) is 0 Å². The van der Waals surface area contributed by atoms with Gasteiger partial charge in [0.05, 0.1) is 6.54 Å². The lowest BCUT2D eigenvalue weighted by molar-refractivity contribution is -0.131. The lowest BCUT2D eigenvalue weighted by Gasteiger charge is -2.22. The Kier molecular flexibility index (Phi) is 5.06. The van der Waals surface area contributed by atoms with Crippen molar-refractivity contribution in [3.05, 3.63) is 102 Å². The van der Waals surface area contributed by atoms with Gasteiger partial charge < -0.3 is 10.6 Å². The van der Waals surface area contributed by atoms with E-state index in [4.69, 9.17) is 0 Å². The molecule has 4 rings (SSSR count). The summed E-state index contributed by atoms with van der Waals surface area (Å²) in [7, 11) is 0. The van der Waals surface area contributed by atoms with Crippen molar-refractivity contribution in [3.63, 3.8) is 0 Å². The van der Waals surface area contributed by atoms with Gasteiger partial charge >= 0.3 is 6.03 Å². The molecule has 6 nitrogen and oxygen atoms in total. The maximum absolute atomic E-state index is 13.0. The van der Waals surface area contributed by atoms with Gasteiger partial charge in [-0.15, -0.1) is 0 Å². The number of benzene rings is 3. The van der Waals surface area contributed by atoms with Gasteiger partial charge in [0, 0.05) is 11.3 Å². The van der Waals surface area contributed by atoms with Gasteiger partial charge in [-0.05, 0) is 42.3 Å². The van der Waals surface area contributed by atoms with E-state index in [2.05, 4.69) is 10.6 Å². The third-order valence-corrected chi connectivity index (χ3v) is 5.21. The molecule has 1 heterocycles. The lowest BCUT2D eigenvalue weighted by Crippen LogP contribution is -2.40. The number of hydrogen-bond acceptors (Lipinski definition) is 3. The minimum absolute atomic E-state index is 0.133. The molecule has 1 aliphatic rings. The Bertz CT molecular complexity index is 1080. The number of carbonyl (C=O) groups is 3. The first-order valence-corrected chi connectivity index (χ1v) is 9.62. The highest BCUT2D eigenvalue weighted by molar-refractivity contribution is 6.07. The first-order valence-electron chi connectivity index (χ1n) is 9.62. The molecule has 1 saturated heterocycles. The fraction of sp³-hybridized carbons (Fsp3) is 0.125. The predicted molar refractivity (Wildman–Crippen MR) is 114 cm³/mol. The Morgan fingerprint density at radius 2 is 1.50 bits per heavy atom. The molecule has 150 valence electrons. The molecular formula is C24H21N3O3. The zero-order valence-corrected chi connectivity index (χ0v) is 16.5. The Hall–Kier alpha value is -3.93. The van der Waals surface area contributed by atoms with Crippen molar-refractivity contribution >= 4 is 23.5 Å². The van der Waals surface area contributed by atoms with Crippen LogP contribution in [0.1, 0.15) is 28.4 Å². The molecule has 4 amide bonds. The summed E-state index contributed by atoms with van der Waals surface area (Å²) in [5.74, 6) is -0.524. The molecule has 0 spiro atoms. The van der Waals surface area contributed by atoms with Crippen molar-refractivity contribution in [2.75, 3.05) is 5.32 Å². The Balaban J connectivity index is 1.46. The van der Waals surface area contributed by atoms with Gasteiger partial charge in [0.2, 0.25) is 0 Å². The second-order valence-electron chi connectivity index (χ2n) is 7.33. The standard InChI is InChI=1S/C24H21N3O3/c1-24(19-8-4-2-5-9-19)22(29)27(23(30)26-24)16-17-12-14-18(15-13-17)21(28)25-20-10-6-3-7-11-20/h2-15H,16H2,1H3,(H,25,28)(H,26,30). The molecule has 30 heavy (non-hydrogen) atoms. The van der Waals surface area contributed by atoms with Crippen molar-refractivity contribution in [2.24, 2.45) is 0 Å². The van der Waals surface area contributed by atoms with Gasteiger partial charge in [-0.25, -0.2) is 4.79 Å². The van der Waals surface area contributed by atoms with Crippen LogP contribution in [-0.4, -0.2) is 22.7 Å². The van der Waals surface area contributed by atoms with E-state index in [1.165, 1.54) is 4.90 Å². The van der Waals surface area contributed by atoms with Crippen molar-refractivity contribution in [3.8, 4) is 0 Å². The Morgan fingerprint density at radius 1 is 0.900 bits per heavy atom. The summed E-state index contributed by atoms with van der Waals surface area (Å²) in [4.78, 5) is 39.1. The van der Waals surface area contributed by atoms with E-state index in [9.17, 15) is 14.4 Å². The van der Waals surface area contributed by atoms with E-state index >= 15 is 0 Å². The van der Waals surface area contributed by atoms with Gasteiger partial charge in [-0.3, -0.25) is 14.5 Å². The normalized spacial score (nSPS) is 18.2.